The molecule has 1 atom stereocenters. The number of nitrogens with one attached hydrogen (secondary N) is 1. The first-order valence-electron chi connectivity index (χ1n) is 6.93. The Bertz CT molecular complexity index is 685. The Hall–Kier alpha value is -1.87. The van der Waals surface area contributed by atoms with Crippen molar-refractivity contribution in [2.45, 2.75) is 20.0 Å². The molecule has 1 N–H and O–H groups in total. The zero-order valence-corrected chi connectivity index (χ0v) is 13.1. The highest BCUT2D eigenvalue weighted by Gasteiger charge is 2.25. The second-order valence-electron chi connectivity index (χ2n) is 5.33. The predicted octanol–water partition coefficient (Wildman–Crippen LogP) is 4.51. The molecule has 3 nitrogen and oxygen atoms in total. The van der Waals surface area contributed by atoms with Crippen LogP contribution < -0.4 is 14.8 Å². The molecule has 1 unspecified atom stereocenters. The largest absolute Gasteiger partial charge is 0.496 e. The molecule has 2 aromatic carbocycles. The molecule has 1 heterocycles. The standard InChI is InChI=1S/C17H18ClNO2/c1-10-4-5-15(20-3)13(6-10)16-9-19-14-8-12(18)7-11(2)17(14)21-16/h4-8,16,19H,9H2,1-3H3. The number of rotatable bonds is 2. The van der Waals surface area contributed by atoms with E-state index in [4.69, 9.17) is 21.1 Å². The fourth-order valence-electron chi connectivity index (χ4n) is 2.68. The summed E-state index contributed by atoms with van der Waals surface area (Å²) < 4.78 is 11.7. The van der Waals surface area contributed by atoms with Gasteiger partial charge in [0.2, 0.25) is 0 Å². The third-order valence-corrected chi connectivity index (χ3v) is 3.93. The lowest BCUT2D eigenvalue weighted by molar-refractivity contribution is 0.204. The quantitative estimate of drug-likeness (QED) is 0.885. The zero-order chi connectivity index (χ0) is 15.0. The second kappa shape index (κ2) is 5.49. The van der Waals surface area contributed by atoms with Crippen LogP contribution in [-0.2, 0) is 0 Å². The molecule has 0 aliphatic carbocycles. The van der Waals surface area contributed by atoms with Gasteiger partial charge in [-0.1, -0.05) is 23.2 Å². The van der Waals surface area contributed by atoms with Gasteiger partial charge in [-0.05, 0) is 43.7 Å². The van der Waals surface area contributed by atoms with Gasteiger partial charge >= 0.3 is 0 Å². The SMILES string of the molecule is COc1ccc(C)cc1C1CNc2cc(Cl)cc(C)c2O1. The zero-order valence-electron chi connectivity index (χ0n) is 12.4. The summed E-state index contributed by atoms with van der Waals surface area (Å²) in [6, 6.07) is 9.95. The van der Waals surface area contributed by atoms with Crippen molar-refractivity contribution in [2.75, 3.05) is 19.0 Å². The molecule has 0 fully saturated rings. The Labute approximate surface area is 129 Å². The Balaban J connectivity index is 1.98. The Morgan fingerprint density at radius 3 is 2.81 bits per heavy atom. The number of hydrogen-bond acceptors (Lipinski definition) is 3. The molecule has 4 heteroatoms. The van der Waals surface area contributed by atoms with Crippen LogP contribution in [0.15, 0.2) is 30.3 Å². The molecule has 0 saturated carbocycles. The van der Waals surface area contributed by atoms with Gasteiger partial charge in [0.1, 0.15) is 17.6 Å². The van der Waals surface area contributed by atoms with E-state index in [1.807, 2.05) is 31.2 Å². The Morgan fingerprint density at radius 2 is 2.05 bits per heavy atom. The van der Waals surface area contributed by atoms with Crippen LogP contribution in [0.3, 0.4) is 0 Å². The van der Waals surface area contributed by atoms with Crippen LogP contribution in [0.1, 0.15) is 22.8 Å². The number of halogens is 1. The van der Waals surface area contributed by atoms with Crippen LogP contribution in [0, 0.1) is 13.8 Å². The average Bonchev–Trinajstić information content (AvgIpc) is 2.47. The Kier molecular flexibility index (Phi) is 3.68. The summed E-state index contributed by atoms with van der Waals surface area (Å²) in [5.41, 5.74) is 4.22. The fourth-order valence-corrected chi connectivity index (χ4v) is 2.96. The van der Waals surface area contributed by atoms with E-state index >= 15 is 0 Å². The lowest BCUT2D eigenvalue weighted by atomic mass is 10.0. The van der Waals surface area contributed by atoms with Crippen molar-refractivity contribution < 1.29 is 9.47 Å². The summed E-state index contributed by atoms with van der Waals surface area (Å²) in [5.74, 6) is 1.71. The number of methoxy groups -OCH3 is 1. The first-order valence-corrected chi connectivity index (χ1v) is 7.31. The molecule has 0 aromatic heterocycles. The van der Waals surface area contributed by atoms with Crippen LogP contribution in [-0.4, -0.2) is 13.7 Å². The molecular weight excluding hydrogens is 286 g/mol. The van der Waals surface area contributed by atoms with E-state index in [1.165, 1.54) is 5.56 Å². The summed E-state index contributed by atoms with van der Waals surface area (Å²) in [7, 11) is 1.68. The van der Waals surface area contributed by atoms with Crippen molar-refractivity contribution in [3.8, 4) is 11.5 Å². The summed E-state index contributed by atoms with van der Waals surface area (Å²) in [6.45, 7) is 4.76. The maximum absolute atomic E-state index is 6.20. The van der Waals surface area contributed by atoms with Crippen LogP contribution in [0.4, 0.5) is 5.69 Å². The van der Waals surface area contributed by atoms with Gasteiger partial charge in [-0.15, -0.1) is 0 Å². The van der Waals surface area contributed by atoms with E-state index in [0.717, 1.165) is 28.3 Å². The number of fused-ring (bicyclic) bond motifs is 1. The topological polar surface area (TPSA) is 30.5 Å². The molecule has 21 heavy (non-hydrogen) atoms. The third kappa shape index (κ3) is 2.66. The van der Waals surface area contributed by atoms with E-state index in [0.29, 0.717) is 11.6 Å². The molecular formula is C17H18ClNO2. The van der Waals surface area contributed by atoms with E-state index in [-0.39, 0.29) is 6.10 Å². The van der Waals surface area contributed by atoms with Crippen LogP contribution in [0.2, 0.25) is 5.02 Å². The van der Waals surface area contributed by atoms with Gasteiger partial charge in [0.25, 0.3) is 0 Å². The highest BCUT2D eigenvalue weighted by atomic mass is 35.5. The van der Waals surface area contributed by atoms with Crippen LogP contribution in [0.25, 0.3) is 0 Å². The summed E-state index contributed by atoms with van der Waals surface area (Å²) in [5, 5.41) is 4.12. The van der Waals surface area contributed by atoms with Gasteiger partial charge in [0, 0.05) is 10.6 Å². The highest BCUT2D eigenvalue weighted by Crippen LogP contribution is 2.40. The number of hydrogen-bond donors (Lipinski definition) is 1. The normalized spacial score (nSPS) is 16.7. The lowest BCUT2D eigenvalue weighted by Crippen LogP contribution is -2.24. The number of anilines is 1. The number of aryl methyl sites for hydroxylation is 2. The first kappa shape index (κ1) is 14.1. The van der Waals surface area contributed by atoms with Gasteiger partial charge in [-0.25, -0.2) is 0 Å². The van der Waals surface area contributed by atoms with E-state index in [2.05, 4.69) is 18.3 Å². The lowest BCUT2D eigenvalue weighted by Gasteiger charge is -2.30. The summed E-state index contributed by atoms with van der Waals surface area (Å²) in [6.07, 6.45) is -0.0766. The minimum atomic E-state index is -0.0766. The van der Waals surface area contributed by atoms with Gasteiger partial charge in [-0.2, -0.15) is 0 Å². The maximum Gasteiger partial charge on any atom is 0.146 e. The molecule has 1 aliphatic heterocycles. The van der Waals surface area contributed by atoms with Crippen molar-refractivity contribution in [3.05, 3.63) is 52.0 Å². The van der Waals surface area contributed by atoms with E-state index in [1.54, 1.807) is 7.11 Å². The van der Waals surface area contributed by atoms with Crippen molar-refractivity contribution in [1.29, 1.82) is 0 Å². The molecule has 3 rings (SSSR count). The third-order valence-electron chi connectivity index (χ3n) is 3.71. The minimum absolute atomic E-state index is 0.0766. The van der Waals surface area contributed by atoms with Gasteiger partial charge < -0.3 is 14.8 Å². The predicted molar refractivity (Wildman–Crippen MR) is 85.8 cm³/mol. The monoisotopic (exact) mass is 303 g/mol. The molecule has 0 saturated heterocycles. The molecule has 1 aliphatic rings. The summed E-state index contributed by atoms with van der Waals surface area (Å²) >= 11 is 6.09. The highest BCUT2D eigenvalue weighted by molar-refractivity contribution is 6.31. The first-order chi connectivity index (χ1) is 10.1. The maximum atomic E-state index is 6.20. The van der Waals surface area contributed by atoms with E-state index in [9.17, 15) is 0 Å². The fraction of sp³-hybridized carbons (Fsp3) is 0.294. The van der Waals surface area contributed by atoms with Crippen LogP contribution >= 0.6 is 11.6 Å². The number of benzene rings is 2. The van der Waals surface area contributed by atoms with Crippen molar-refractivity contribution in [3.63, 3.8) is 0 Å². The summed E-state index contributed by atoms with van der Waals surface area (Å²) in [4.78, 5) is 0. The molecule has 0 spiro atoms. The van der Waals surface area contributed by atoms with E-state index < -0.39 is 0 Å². The van der Waals surface area contributed by atoms with Gasteiger partial charge in [0.15, 0.2) is 0 Å². The molecule has 0 amide bonds. The molecule has 2 aromatic rings. The van der Waals surface area contributed by atoms with Crippen molar-refractivity contribution >= 4 is 17.3 Å². The number of ether oxygens (including phenoxy) is 2. The second-order valence-corrected chi connectivity index (χ2v) is 5.77. The minimum Gasteiger partial charge on any atom is -0.496 e. The van der Waals surface area contributed by atoms with Crippen molar-refractivity contribution in [1.82, 2.24) is 0 Å². The molecule has 0 radical (unpaired) electrons. The van der Waals surface area contributed by atoms with Crippen molar-refractivity contribution in [2.24, 2.45) is 0 Å². The van der Waals surface area contributed by atoms with Gasteiger partial charge in [0.05, 0.1) is 19.3 Å². The van der Waals surface area contributed by atoms with Gasteiger partial charge in [-0.3, -0.25) is 0 Å². The molecule has 0 bridgehead atoms. The van der Waals surface area contributed by atoms with Crippen LogP contribution in [0.5, 0.6) is 11.5 Å². The smallest absolute Gasteiger partial charge is 0.146 e. The average molecular weight is 304 g/mol. The Morgan fingerprint density at radius 1 is 1.24 bits per heavy atom. The molecule has 110 valence electrons.